The standard InChI is InChI=1S/C25H28N2O6S2/c1-4-33-21-9-8-20(12-16(21)2)35(30,31)27-11-5-6-17(15-27)24(28)26-19-7-10-22-18(13-19)14-23(34-22)25(29)32-3/h7-10,12-14,17H,4-6,11,15H2,1-3H3,(H,26,28)/t17-/m1/s1. The van der Waals surface area contributed by atoms with Crippen LogP contribution < -0.4 is 10.1 Å². The second-order valence-electron chi connectivity index (χ2n) is 8.41. The van der Waals surface area contributed by atoms with Gasteiger partial charge < -0.3 is 14.8 Å². The summed E-state index contributed by atoms with van der Waals surface area (Å²) in [5, 5.41) is 3.74. The van der Waals surface area contributed by atoms with E-state index in [0.29, 0.717) is 42.3 Å². The van der Waals surface area contributed by atoms with Crippen molar-refractivity contribution in [3.8, 4) is 5.75 Å². The number of hydrogen-bond donors (Lipinski definition) is 1. The highest BCUT2D eigenvalue weighted by molar-refractivity contribution is 7.89. The van der Waals surface area contributed by atoms with Gasteiger partial charge in [-0.25, -0.2) is 13.2 Å². The number of rotatable bonds is 7. The summed E-state index contributed by atoms with van der Waals surface area (Å²) in [5.74, 6) is -0.437. The molecule has 1 N–H and O–H groups in total. The van der Waals surface area contributed by atoms with Crippen LogP contribution in [-0.2, 0) is 19.6 Å². The molecule has 35 heavy (non-hydrogen) atoms. The number of hydrogen-bond acceptors (Lipinski definition) is 7. The Morgan fingerprint density at radius 1 is 1.17 bits per heavy atom. The van der Waals surface area contributed by atoms with Crippen LogP contribution in [-0.4, -0.2) is 51.4 Å². The van der Waals surface area contributed by atoms with Gasteiger partial charge in [-0.15, -0.1) is 11.3 Å². The number of carbonyl (C=O) groups is 2. The van der Waals surface area contributed by atoms with E-state index >= 15 is 0 Å². The lowest BCUT2D eigenvalue weighted by Gasteiger charge is -2.31. The van der Waals surface area contributed by atoms with E-state index in [1.54, 1.807) is 36.4 Å². The Labute approximate surface area is 208 Å². The van der Waals surface area contributed by atoms with Crippen molar-refractivity contribution in [1.29, 1.82) is 0 Å². The fraction of sp³-hybridized carbons (Fsp3) is 0.360. The summed E-state index contributed by atoms with van der Waals surface area (Å²) >= 11 is 1.32. The number of fused-ring (bicyclic) bond motifs is 1. The molecule has 3 aromatic rings. The zero-order chi connectivity index (χ0) is 25.2. The Balaban J connectivity index is 1.47. The van der Waals surface area contributed by atoms with Gasteiger partial charge in [-0.1, -0.05) is 0 Å². The topological polar surface area (TPSA) is 102 Å². The highest BCUT2D eigenvalue weighted by Gasteiger charge is 2.33. The molecular weight excluding hydrogens is 488 g/mol. The van der Waals surface area contributed by atoms with Crippen LogP contribution in [0, 0.1) is 12.8 Å². The number of aryl methyl sites for hydroxylation is 1. The Morgan fingerprint density at radius 3 is 2.69 bits per heavy atom. The minimum absolute atomic E-state index is 0.119. The SMILES string of the molecule is CCOc1ccc(S(=O)(=O)N2CCC[C@@H](C(=O)Nc3ccc4sc(C(=O)OC)cc4c3)C2)cc1C. The minimum Gasteiger partial charge on any atom is -0.494 e. The van der Waals surface area contributed by atoms with E-state index in [2.05, 4.69) is 5.32 Å². The molecule has 1 saturated heterocycles. The third-order valence-corrected chi connectivity index (χ3v) is 8.97. The Kier molecular flexibility index (Phi) is 7.44. The van der Waals surface area contributed by atoms with Crippen molar-refractivity contribution in [3.63, 3.8) is 0 Å². The highest BCUT2D eigenvalue weighted by Crippen LogP contribution is 2.30. The lowest BCUT2D eigenvalue weighted by atomic mass is 9.98. The normalized spacial score (nSPS) is 16.7. The first-order chi connectivity index (χ1) is 16.7. The first-order valence-electron chi connectivity index (χ1n) is 11.4. The Bertz CT molecular complexity index is 1370. The van der Waals surface area contributed by atoms with E-state index in [9.17, 15) is 18.0 Å². The number of carbonyl (C=O) groups excluding carboxylic acids is 2. The molecule has 1 aliphatic rings. The molecule has 186 valence electrons. The molecule has 0 aliphatic carbocycles. The third-order valence-electron chi connectivity index (χ3n) is 6.01. The van der Waals surface area contributed by atoms with Crippen molar-refractivity contribution in [2.75, 3.05) is 32.1 Å². The smallest absolute Gasteiger partial charge is 0.348 e. The van der Waals surface area contributed by atoms with Crippen molar-refractivity contribution in [2.24, 2.45) is 5.92 Å². The number of nitrogens with one attached hydrogen (secondary N) is 1. The molecule has 0 saturated carbocycles. The lowest BCUT2D eigenvalue weighted by molar-refractivity contribution is -0.120. The number of esters is 1. The van der Waals surface area contributed by atoms with Crippen molar-refractivity contribution in [2.45, 2.75) is 31.6 Å². The van der Waals surface area contributed by atoms with Crippen molar-refractivity contribution in [3.05, 3.63) is 52.9 Å². The molecule has 0 radical (unpaired) electrons. The van der Waals surface area contributed by atoms with Gasteiger partial charge in [-0.05, 0) is 80.1 Å². The molecule has 4 rings (SSSR count). The monoisotopic (exact) mass is 516 g/mol. The van der Waals surface area contributed by atoms with Crippen LogP contribution in [0.25, 0.3) is 10.1 Å². The molecule has 1 aliphatic heterocycles. The first-order valence-corrected chi connectivity index (χ1v) is 13.6. The molecular formula is C25H28N2O6S2. The second-order valence-corrected chi connectivity index (χ2v) is 11.4. The molecule has 8 nitrogen and oxygen atoms in total. The van der Waals surface area contributed by atoms with E-state index < -0.39 is 21.9 Å². The number of thiophene rings is 1. The van der Waals surface area contributed by atoms with Gasteiger partial charge in [0.25, 0.3) is 0 Å². The van der Waals surface area contributed by atoms with Crippen LogP contribution in [0.5, 0.6) is 5.75 Å². The molecule has 1 fully saturated rings. The zero-order valence-corrected chi connectivity index (χ0v) is 21.5. The van der Waals surface area contributed by atoms with Crippen LogP contribution in [0.1, 0.15) is 35.0 Å². The first kappa shape index (κ1) is 25.2. The number of piperidine rings is 1. The van der Waals surface area contributed by atoms with Gasteiger partial charge in [-0.3, -0.25) is 4.79 Å². The molecule has 10 heteroatoms. The number of sulfonamides is 1. The maximum atomic E-state index is 13.3. The second kappa shape index (κ2) is 10.3. The maximum absolute atomic E-state index is 13.3. The summed E-state index contributed by atoms with van der Waals surface area (Å²) in [5.41, 5.74) is 1.34. The molecule has 0 bridgehead atoms. The van der Waals surface area contributed by atoms with Gasteiger partial charge in [-0.2, -0.15) is 4.31 Å². The van der Waals surface area contributed by atoms with E-state index in [0.717, 1.165) is 15.6 Å². The molecule has 1 amide bonds. The van der Waals surface area contributed by atoms with E-state index in [-0.39, 0.29) is 17.3 Å². The Hall–Kier alpha value is -2.95. The van der Waals surface area contributed by atoms with E-state index in [1.807, 2.05) is 19.9 Å². The van der Waals surface area contributed by atoms with Gasteiger partial charge >= 0.3 is 5.97 Å². The fourth-order valence-electron chi connectivity index (χ4n) is 4.19. The summed E-state index contributed by atoms with van der Waals surface area (Å²) in [6.45, 7) is 4.68. The summed E-state index contributed by atoms with van der Waals surface area (Å²) in [4.78, 5) is 25.5. The minimum atomic E-state index is -3.74. The zero-order valence-electron chi connectivity index (χ0n) is 19.9. The lowest BCUT2D eigenvalue weighted by Crippen LogP contribution is -2.43. The number of nitrogens with zero attached hydrogens (tertiary/aromatic N) is 1. The predicted molar refractivity (Wildman–Crippen MR) is 136 cm³/mol. The van der Waals surface area contributed by atoms with Gasteiger partial charge in [0.2, 0.25) is 15.9 Å². The Morgan fingerprint density at radius 2 is 1.97 bits per heavy atom. The highest BCUT2D eigenvalue weighted by atomic mass is 32.2. The summed E-state index contributed by atoms with van der Waals surface area (Å²) in [6.07, 6.45) is 1.20. The van der Waals surface area contributed by atoms with Gasteiger partial charge in [0, 0.05) is 23.5 Å². The van der Waals surface area contributed by atoms with Crippen molar-refractivity contribution in [1.82, 2.24) is 4.31 Å². The number of anilines is 1. The van der Waals surface area contributed by atoms with Gasteiger partial charge in [0.1, 0.15) is 10.6 Å². The van der Waals surface area contributed by atoms with Crippen LogP contribution in [0.15, 0.2) is 47.4 Å². The molecule has 2 aromatic carbocycles. The number of methoxy groups -OCH3 is 1. The van der Waals surface area contributed by atoms with Crippen LogP contribution >= 0.6 is 11.3 Å². The van der Waals surface area contributed by atoms with Gasteiger partial charge in [0.05, 0.1) is 24.5 Å². The molecule has 0 spiro atoms. The quantitative estimate of drug-likeness (QED) is 0.466. The van der Waals surface area contributed by atoms with E-state index in [4.69, 9.17) is 9.47 Å². The average molecular weight is 517 g/mol. The van der Waals surface area contributed by atoms with Crippen LogP contribution in [0.4, 0.5) is 5.69 Å². The summed E-state index contributed by atoms with van der Waals surface area (Å²) in [6, 6.07) is 12.0. The number of ether oxygens (including phenoxy) is 2. The molecule has 1 atom stereocenters. The van der Waals surface area contributed by atoms with Crippen LogP contribution in [0.3, 0.4) is 0 Å². The summed E-state index contributed by atoms with van der Waals surface area (Å²) in [7, 11) is -2.40. The average Bonchev–Trinajstić information content (AvgIpc) is 3.28. The molecule has 0 unspecified atom stereocenters. The molecule has 2 heterocycles. The number of amides is 1. The van der Waals surface area contributed by atoms with Crippen molar-refractivity contribution >= 4 is 49.0 Å². The van der Waals surface area contributed by atoms with E-state index in [1.165, 1.54) is 22.8 Å². The van der Waals surface area contributed by atoms with Crippen LogP contribution in [0.2, 0.25) is 0 Å². The number of benzene rings is 2. The summed E-state index contributed by atoms with van der Waals surface area (Å²) < 4.78 is 39.1. The predicted octanol–water partition coefficient (Wildman–Crippen LogP) is 4.43. The largest absolute Gasteiger partial charge is 0.494 e. The van der Waals surface area contributed by atoms with Gasteiger partial charge in [0.15, 0.2) is 0 Å². The maximum Gasteiger partial charge on any atom is 0.348 e. The molecule has 1 aromatic heterocycles. The van der Waals surface area contributed by atoms with Crippen molar-refractivity contribution < 1.29 is 27.5 Å². The fourth-order valence-corrected chi connectivity index (χ4v) is 6.76. The third kappa shape index (κ3) is 5.34.